The van der Waals surface area contributed by atoms with Crippen LogP contribution in [0, 0.1) is 0 Å². The molecule has 0 fully saturated rings. The molecule has 0 atom stereocenters. The zero-order valence-electron chi connectivity index (χ0n) is 17.7. The Kier molecular flexibility index (Phi) is 4.86. The van der Waals surface area contributed by atoms with Crippen LogP contribution in [0.3, 0.4) is 0 Å². The number of imidazole rings is 1. The van der Waals surface area contributed by atoms with Crippen LogP contribution < -0.4 is 11.0 Å². The van der Waals surface area contributed by atoms with E-state index in [2.05, 4.69) is 15.5 Å². The number of carbonyl (C=O) groups is 1. The first-order valence-electron chi connectivity index (χ1n) is 9.89. The predicted molar refractivity (Wildman–Crippen MR) is 124 cm³/mol. The summed E-state index contributed by atoms with van der Waals surface area (Å²) in [7, 11) is 5.27. The topological polar surface area (TPSA) is 99.9 Å². The highest BCUT2D eigenvalue weighted by Crippen LogP contribution is 2.28. The number of para-hydroxylation sites is 1. The summed E-state index contributed by atoms with van der Waals surface area (Å²) in [4.78, 5) is 24.6. The van der Waals surface area contributed by atoms with Gasteiger partial charge in [-0.05, 0) is 30.3 Å². The molecule has 0 unspecified atom stereocenters. The predicted octanol–water partition coefficient (Wildman–Crippen LogP) is 3.15. The third-order valence-electron chi connectivity index (χ3n) is 5.37. The molecule has 3 aromatic heterocycles. The maximum absolute atomic E-state index is 12.5. The molecular formula is C22H20N6O3S. The number of aromatic nitrogens is 5. The van der Waals surface area contributed by atoms with Crippen molar-refractivity contribution < 1.29 is 9.21 Å². The summed E-state index contributed by atoms with van der Waals surface area (Å²) in [5, 5.41) is 12.9. The van der Waals surface area contributed by atoms with Gasteiger partial charge in [0.05, 0.1) is 16.8 Å². The number of hydrogen-bond donors (Lipinski definition) is 1. The molecule has 0 spiro atoms. The largest absolute Gasteiger partial charge is 0.453 e. The number of benzene rings is 2. The maximum Gasteiger partial charge on any atom is 0.328 e. The van der Waals surface area contributed by atoms with E-state index in [0.717, 1.165) is 22.0 Å². The number of nitrogens with one attached hydrogen (secondary N) is 1. The minimum absolute atomic E-state index is 0.110. The number of hydrogen-bond acceptors (Lipinski definition) is 6. The molecule has 0 saturated carbocycles. The summed E-state index contributed by atoms with van der Waals surface area (Å²) in [6, 6.07) is 15.1. The number of amides is 1. The Balaban J connectivity index is 1.29. The van der Waals surface area contributed by atoms with E-state index in [1.807, 2.05) is 48.0 Å². The number of rotatable bonds is 5. The Bertz CT molecular complexity index is 1510. The average Bonchev–Trinajstić information content (AvgIpc) is 3.44. The second kappa shape index (κ2) is 7.72. The Morgan fingerprint density at radius 2 is 1.78 bits per heavy atom. The highest BCUT2D eigenvalue weighted by Gasteiger charge is 2.17. The highest BCUT2D eigenvalue weighted by atomic mass is 32.2. The number of aryl methyl sites for hydroxylation is 2. The molecule has 5 rings (SSSR count). The summed E-state index contributed by atoms with van der Waals surface area (Å²) in [5.74, 6) is 1.21. The second-order valence-electron chi connectivity index (χ2n) is 7.45. The Labute approximate surface area is 186 Å². The van der Waals surface area contributed by atoms with Crippen molar-refractivity contribution in [2.24, 2.45) is 21.1 Å². The van der Waals surface area contributed by atoms with Gasteiger partial charge < -0.3 is 14.3 Å². The van der Waals surface area contributed by atoms with E-state index in [4.69, 9.17) is 4.42 Å². The van der Waals surface area contributed by atoms with Crippen molar-refractivity contribution in [1.29, 1.82) is 0 Å². The number of anilines is 1. The van der Waals surface area contributed by atoms with Crippen molar-refractivity contribution in [2.45, 2.75) is 5.16 Å². The van der Waals surface area contributed by atoms with Crippen molar-refractivity contribution in [3.63, 3.8) is 0 Å². The third-order valence-corrected chi connectivity index (χ3v) is 6.39. The fourth-order valence-electron chi connectivity index (χ4n) is 3.66. The zero-order chi connectivity index (χ0) is 22.4. The lowest BCUT2D eigenvalue weighted by Gasteiger charge is -2.06. The van der Waals surface area contributed by atoms with Crippen LogP contribution in [0.2, 0.25) is 0 Å². The van der Waals surface area contributed by atoms with Crippen molar-refractivity contribution >= 4 is 45.4 Å². The van der Waals surface area contributed by atoms with Crippen molar-refractivity contribution in [3.05, 3.63) is 59.0 Å². The SMILES string of the molecule is Cn1c(SCC(=O)Nc2ccc3c(c2)n(C)c(=O)n3C)nnc1-c1cc2ccccc2o1. The average molecular weight is 449 g/mol. The lowest BCUT2D eigenvalue weighted by Crippen LogP contribution is -2.19. The second-order valence-corrected chi connectivity index (χ2v) is 8.40. The maximum atomic E-state index is 12.5. The first-order chi connectivity index (χ1) is 15.4. The molecule has 0 aliphatic carbocycles. The molecule has 5 aromatic rings. The van der Waals surface area contributed by atoms with Gasteiger partial charge in [0.25, 0.3) is 0 Å². The number of furan rings is 1. The van der Waals surface area contributed by atoms with E-state index < -0.39 is 0 Å². The van der Waals surface area contributed by atoms with E-state index in [1.165, 1.54) is 11.8 Å². The van der Waals surface area contributed by atoms with Gasteiger partial charge in [0, 0.05) is 32.2 Å². The first kappa shape index (κ1) is 20.1. The van der Waals surface area contributed by atoms with Crippen LogP contribution in [0.4, 0.5) is 5.69 Å². The van der Waals surface area contributed by atoms with Crippen molar-refractivity contribution in [3.8, 4) is 11.6 Å². The van der Waals surface area contributed by atoms with Gasteiger partial charge >= 0.3 is 5.69 Å². The van der Waals surface area contributed by atoms with Crippen molar-refractivity contribution in [1.82, 2.24) is 23.9 Å². The zero-order valence-corrected chi connectivity index (χ0v) is 18.5. The minimum Gasteiger partial charge on any atom is -0.453 e. The highest BCUT2D eigenvalue weighted by molar-refractivity contribution is 7.99. The van der Waals surface area contributed by atoms with Gasteiger partial charge in [-0.15, -0.1) is 10.2 Å². The van der Waals surface area contributed by atoms with E-state index >= 15 is 0 Å². The summed E-state index contributed by atoms with van der Waals surface area (Å²) >= 11 is 1.29. The summed E-state index contributed by atoms with van der Waals surface area (Å²) < 4.78 is 10.8. The van der Waals surface area contributed by atoms with Gasteiger partial charge in [0.15, 0.2) is 16.7 Å². The molecule has 0 aliphatic heterocycles. The van der Waals surface area contributed by atoms with Gasteiger partial charge in [0.1, 0.15) is 5.58 Å². The number of nitrogens with zero attached hydrogens (tertiary/aromatic N) is 5. The Morgan fingerprint density at radius 3 is 2.59 bits per heavy atom. The van der Waals surface area contributed by atoms with Crippen molar-refractivity contribution in [2.75, 3.05) is 11.1 Å². The number of thioether (sulfide) groups is 1. The molecular weight excluding hydrogens is 428 g/mol. The molecule has 0 saturated heterocycles. The molecule has 0 aliphatic rings. The molecule has 1 N–H and O–H groups in total. The molecule has 1 amide bonds. The molecule has 10 heteroatoms. The van der Waals surface area contributed by atoms with Crippen LogP contribution in [0.15, 0.2) is 62.9 Å². The molecule has 2 aromatic carbocycles. The quantitative estimate of drug-likeness (QED) is 0.415. The molecule has 0 bridgehead atoms. The Hall–Kier alpha value is -3.79. The van der Waals surface area contributed by atoms with E-state index in [1.54, 1.807) is 35.4 Å². The molecule has 3 heterocycles. The van der Waals surface area contributed by atoms with Gasteiger partial charge in [-0.3, -0.25) is 13.9 Å². The summed E-state index contributed by atoms with van der Waals surface area (Å²) in [5.41, 5.74) is 2.87. The minimum atomic E-state index is -0.177. The summed E-state index contributed by atoms with van der Waals surface area (Å²) in [6.07, 6.45) is 0. The Morgan fingerprint density at radius 1 is 1.00 bits per heavy atom. The first-order valence-corrected chi connectivity index (χ1v) is 10.9. The molecule has 32 heavy (non-hydrogen) atoms. The number of carbonyl (C=O) groups excluding carboxylic acids is 1. The summed E-state index contributed by atoms with van der Waals surface area (Å²) in [6.45, 7) is 0. The van der Waals surface area contributed by atoms with Gasteiger partial charge in [-0.1, -0.05) is 30.0 Å². The van der Waals surface area contributed by atoms with Crippen LogP contribution in [-0.4, -0.2) is 35.6 Å². The van der Waals surface area contributed by atoms with E-state index in [-0.39, 0.29) is 17.3 Å². The smallest absolute Gasteiger partial charge is 0.328 e. The van der Waals surface area contributed by atoms with E-state index in [9.17, 15) is 9.59 Å². The van der Waals surface area contributed by atoms with Crippen LogP contribution in [0.1, 0.15) is 0 Å². The van der Waals surface area contributed by atoms with E-state index in [0.29, 0.717) is 22.4 Å². The van der Waals surface area contributed by atoms with Gasteiger partial charge in [-0.25, -0.2) is 4.79 Å². The van der Waals surface area contributed by atoms with Crippen LogP contribution >= 0.6 is 11.8 Å². The number of fused-ring (bicyclic) bond motifs is 2. The van der Waals surface area contributed by atoms with Gasteiger partial charge in [-0.2, -0.15) is 0 Å². The molecule has 0 radical (unpaired) electrons. The van der Waals surface area contributed by atoms with Crippen LogP contribution in [0.5, 0.6) is 0 Å². The lowest BCUT2D eigenvalue weighted by molar-refractivity contribution is -0.113. The van der Waals surface area contributed by atoms with Gasteiger partial charge in [0.2, 0.25) is 5.91 Å². The molecule has 9 nitrogen and oxygen atoms in total. The fraction of sp³-hybridized carbons (Fsp3) is 0.182. The molecule has 162 valence electrons. The normalized spacial score (nSPS) is 11.5. The fourth-order valence-corrected chi connectivity index (χ4v) is 4.37. The van der Waals surface area contributed by atoms with Crippen LogP contribution in [-0.2, 0) is 25.9 Å². The van der Waals surface area contributed by atoms with Crippen LogP contribution in [0.25, 0.3) is 33.6 Å². The standard InChI is InChI=1S/C22H20N6O3S/c1-26-15-9-8-14(11-16(15)27(2)22(26)30)23-19(29)12-32-21-25-24-20(28(21)3)18-10-13-6-4-5-7-17(13)31-18/h4-11H,12H2,1-3H3,(H,23,29). The monoisotopic (exact) mass is 448 g/mol. The lowest BCUT2D eigenvalue weighted by atomic mass is 10.2. The third kappa shape index (κ3) is 3.38.